The Labute approximate surface area is 175 Å². The van der Waals surface area contributed by atoms with E-state index in [2.05, 4.69) is 17.1 Å². The molecule has 2 N–H and O–H groups in total. The third kappa shape index (κ3) is 2.70. The molecular weight excluding hydrogens is 386 g/mol. The van der Waals surface area contributed by atoms with Gasteiger partial charge < -0.3 is 15.2 Å². The van der Waals surface area contributed by atoms with Crippen LogP contribution in [0, 0.1) is 43.6 Å². The van der Waals surface area contributed by atoms with Gasteiger partial charge in [0.05, 0.1) is 30.3 Å². The molecule has 9 heteroatoms. The molecule has 30 heavy (non-hydrogen) atoms. The molecule has 1 saturated carbocycles. The van der Waals surface area contributed by atoms with Gasteiger partial charge in [-0.2, -0.15) is 10.5 Å². The molecule has 1 aromatic carbocycles. The average Bonchev–Trinajstić information content (AvgIpc) is 3.32. The van der Waals surface area contributed by atoms with E-state index in [0.717, 1.165) is 12.8 Å². The van der Waals surface area contributed by atoms with Crippen LogP contribution in [0.15, 0.2) is 29.3 Å². The lowest BCUT2D eigenvalue weighted by Crippen LogP contribution is -2.44. The Kier molecular flexibility index (Phi) is 5.80. The fourth-order valence-electron chi connectivity index (χ4n) is 4.43. The minimum absolute atomic E-state index is 0.0808. The van der Waals surface area contributed by atoms with Gasteiger partial charge in [-0.05, 0) is 12.8 Å². The summed E-state index contributed by atoms with van der Waals surface area (Å²) in [6.45, 7) is 4.50. The van der Waals surface area contributed by atoms with Crippen LogP contribution in [0.3, 0.4) is 0 Å². The van der Waals surface area contributed by atoms with Gasteiger partial charge in [-0.1, -0.05) is 44.9 Å². The summed E-state index contributed by atoms with van der Waals surface area (Å²) >= 11 is 0. The summed E-state index contributed by atoms with van der Waals surface area (Å²) in [6, 6.07) is 10.4. The molecule has 3 unspecified atom stereocenters. The third-order valence-electron chi connectivity index (χ3n) is 5.96. The van der Waals surface area contributed by atoms with E-state index in [1.165, 1.54) is 12.1 Å². The number of para-hydroxylation sites is 1. The van der Waals surface area contributed by atoms with Crippen molar-refractivity contribution in [2.75, 3.05) is 13.2 Å². The van der Waals surface area contributed by atoms with Crippen LogP contribution < -0.4 is 5.73 Å². The number of nitro benzene ring substituents is 1. The first-order valence-electron chi connectivity index (χ1n) is 10.1. The molecule has 1 heterocycles. The number of nitro groups is 1. The topological polar surface area (TPSA) is 148 Å². The lowest BCUT2D eigenvalue weighted by atomic mass is 9.93. The summed E-state index contributed by atoms with van der Waals surface area (Å²) < 4.78 is 12.1. The van der Waals surface area contributed by atoms with E-state index < -0.39 is 27.6 Å². The highest BCUT2D eigenvalue weighted by Gasteiger charge is 2.94. The van der Waals surface area contributed by atoms with Crippen molar-refractivity contribution >= 4 is 11.5 Å². The van der Waals surface area contributed by atoms with Crippen molar-refractivity contribution in [3.8, 4) is 12.1 Å². The second-order valence-corrected chi connectivity index (χ2v) is 7.57. The monoisotopic (exact) mass is 411 g/mol. The molecule has 1 fully saturated rings. The summed E-state index contributed by atoms with van der Waals surface area (Å²) in [5.41, 5.74) is 3.14. The van der Waals surface area contributed by atoms with Crippen LogP contribution in [0.5, 0.6) is 0 Å². The van der Waals surface area contributed by atoms with Crippen LogP contribution in [0.1, 0.15) is 51.0 Å². The Balaban J connectivity index is 2.17. The van der Waals surface area contributed by atoms with Crippen molar-refractivity contribution in [1.82, 2.24) is 0 Å². The second kappa shape index (κ2) is 8.02. The lowest BCUT2D eigenvalue weighted by Gasteiger charge is -2.32. The second-order valence-electron chi connectivity index (χ2n) is 7.57. The number of aliphatic imine (C=N–C) groups is 1. The lowest BCUT2D eigenvalue weighted by molar-refractivity contribution is -0.385. The number of nitriles is 2. The molecule has 9 nitrogen and oxygen atoms in total. The minimum Gasteiger partial charge on any atom is -0.386 e. The summed E-state index contributed by atoms with van der Waals surface area (Å²) in [4.78, 5) is 15.5. The maximum Gasteiger partial charge on any atom is 0.293 e. The predicted octanol–water partition coefficient (Wildman–Crippen LogP) is 3.37. The molecule has 0 radical (unpaired) electrons. The van der Waals surface area contributed by atoms with E-state index in [0.29, 0.717) is 12.8 Å². The first-order chi connectivity index (χ1) is 14.4. The van der Waals surface area contributed by atoms with Crippen LogP contribution in [0.2, 0.25) is 0 Å². The molecule has 0 spiro atoms. The molecule has 1 aliphatic heterocycles. The third-order valence-corrected chi connectivity index (χ3v) is 5.96. The molecule has 1 aromatic rings. The van der Waals surface area contributed by atoms with Gasteiger partial charge in [0.1, 0.15) is 11.3 Å². The molecule has 1 aliphatic carbocycles. The number of rotatable bonds is 10. The van der Waals surface area contributed by atoms with Crippen molar-refractivity contribution in [1.29, 1.82) is 10.5 Å². The van der Waals surface area contributed by atoms with Crippen LogP contribution in [-0.4, -0.2) is 29.9 Å². The predicted molar refractivity (Wildman–Crippen MR) is 108 cm³/mol. The summed E-state index contributed by atoms with van der Waals surface area (Å²) in [5.74, 6) is -2.75. The molecule has 158 valence electrons. The van der Waals surface area contributed by atoms with Gasteiger partial charge in [-0.3, -0.25) is 10.1 Å². The highest BCUT2D eigenvalue weighted by atomic mass is 16.7. The smallest absolute Gasteiger partial charge is 0.293 e. The molecule has 0 saturated heterocycles. The van der Waals surface area contributed by atoms with Crippen molar-refractivity contribution in [2.24, 2.45) is 21.6 Å². The van der Waals surface area contributed by atoms with Crippen molar-refractivity contribution in [3.05, 3.63) is 39.9 Å². The summed E-state index contributed by atoms with van der Waals surface area (Å²) in [5, 5.41) is 32.1. The van der Waals surface area contributed by atoms with E-state index in [9.17, 15) is 20.6 Å². The highest BCUT2D eigenvalue weighted by molar-refractivity contribution is 6.00. The maximum atomic E-state index is 11.6. The Bertz CT molecular complexity index is 939. The first-order valence-corrected chi connectivity index (χ1v) is 10.1. The Hall–Kier alpha value is -3.01. The van der Waals surface area contributed by atoms with Crippen LogP contribution >= 0.6 is 0 Å². The first kappa shape index (κ1) is 21.7. The van der Waals surface area contributed by atoms with Crippen molar-refractivity contribution in [2.45, 2.75) is 51.4 Å². The number of hydrogen-bond acceptors (Lipinski definition) is 8. The molecule has 0 bridgehead atoms. The number of nitrogens with two attached hydrogens (primary N) is 1. The van der Waals surface area contributed by atoms with Gasteiger partial charge in [0.2, 0.25) is 0 Å². The van der Waals surface area contributed by atoms with Crippen molar-refractivity contribution < 1.29 is 14.4 Å². The zero-order valence-corrected chi connectivity index (χ0v) is 17.1. The van der Waals surface area contributed by atoms with E-state index in [-0.39, 0.29) is 30.3 Å². The van der Waals surface area contributed by atoms with Gasteiger partial charge >= 0.3 is 0 Å². The van der Waals surface area contributed by atoms with Gasteiger partial charge in [0, 0.05) is 17.5 Å². The zero-order valence-electron chi connectivity index (χ0n) is 17.1. The molecule has 0 amide bonds. The maximum absolute atomic E-state index is 11.6. The van der Waals surface area contributed by atoms with Crippen molar-refractivity contribution in [3.63, 3.8) is 0 Å². The van der Waals surface area contributed by atoms with Gasteiger partial charge in [0.15, 0.2) is 5.41 Å². The van der Waals surface area contributed by atoms with Crippen LogP contribution in [0.25, 0.3) is 0 Å². The quantitative estimate of drug-likeness (QED) is 0.268. The van der Waals surface area contributed by atoms with Crippen LogP contribution in [0.4, 0.5) is 5.69 Å². The number of ether oxygens (including phenoxy) is 2. The Morgan fingerprint density at radius 1 is 1.17 bits per heavy atom. The van der Waals surface area contributed by atoms with Crippen LogP contribution in [-0.2, 0) is 9.47 Å². The fourth-order valence-corrected chi connectivity index (χ4v) is 4.43. The number of nitrogens with zero attached hydrogens (tertiary/aromatic N) is 4. The van der Waals surface area contributed by atoms with E-state index in [1.807, 2.05) is 13.8 Å². The highest BCUT2D eigenvalue weighted by Crippen LogP contribution is 2.82. The van der Waals surface area contributed by atoms with Gasteiger partial charge in [0.25, 0.3) is 11.6 Å². The van der Waals surface area contributed by atoms with E-state index in [1.54, 1.807) is 12.1 Å². The standard InChI is InChI=1S/C21H25N5O4/c1-3-5-11-29-21(30-12-6-4-2)20(14-23)17(19(20,13-22)18(24)25-21)15-9-7-8-10-16(15)26(27)28/h7-10,17H,3-6,11-12H2,1-2H3,(H2,24,25). The van der Waals surface area contributed by atoms with Gasteiger partial charge in [-0.25, -0.2) is 4.99 Å². The van der Waals surface area contributed by atoms with E-state index >= 15 is 0 Å². The minimum atomic E-state index is -1.78. The number of benzene rings is 1. The number of amidine groups is 1. The number of unbranched alkanes of at least 4 members (excludes halogenated alkanes) is 2. The average molecular weight is 411 g/mol. The Morgan fingerprint density at radius 3 is 2.27 bits per heavy atom. The zero-order chi connectivity index (χ0) is 22.0. The fraction of sp³-hybridized carbons (Fsp3) is 0.571. The molecule has 3 rings (SSSR count). The van der Waals surface area contributed by atoms with Gasteiger partial charge in [-0.15, -0.1) is 0 Å². The normalized spacial score (nSPS) is 28.1. The largest absolute Gasteiger partial charge is 0.386 e. The summed E-state index contributed by atoms with van der Waals surface area (Å²) in [7, 11) is 0. The van der Waals surface area contributed by atoms with E-state index in [4.69, 9.17) is 15.2 Å². The number of fused-ring (bicyclic) bond motifs is 1. The molecule has 3 atom stereocenters. The summed E-state index contributed by atoms with van der Waals surface area (Å²) in [6.07, 6.45) is 3.10. The molecule has 0 aromatic heterocycles. The molecular formula is C21H25N5O4. The molecule has 2 aliphatic rings. The number of hydrogen-bond donors (Lipinski definition) is 1. The SMILES string of the molecule is CCCCOC1(OCCCC)N=C(N)C2(C#N)C(c3ccccc3[N+](=O)[O-])C12C#N. The Morgan fingerprint density at radius 2 is 1.77 bits per heavy atom.